The number of benzene rings is 1. The highest BCUT2D eigenvalue weighted by atomic mass is 16.5. The van der Waals surface area contributed by atoms with Gasteiger partial charge in [-0.2, -0.15) is 0 Å². The second-order valence-corrected chi connectivity index (χ2v) is 8.06. The van der Waals surface area contributed by atoms with Gasteiger partial charge in [-0.05, 0) is 49.9 Å². The Hall–Kier alpha value is -2.92. The fourth-order valence-corrected chi connectivity index (χ4v) is 4.24. The van der Waals surface area contributed by atoms with E-state index in [0.717, 1.165) is 33.4 Å². The molecule has 5 heteroatoms. The lowest BCUT2D eigenvalue weighted by molar-refractivity contribution is 0.0302. The van der Waals surface area contributed by atoms with Crippen molar-refractivity contribution in [2.24, 2.45) is 0 Å². The highest BCUT2D eigenvalue weighted by molar-refractivity contribution is 5.96. The number of hydrogen-bond donors (Lipinski definition) is 0. The number of allylic oxidation sites excluding steroid dienone is 3. The average Bonchev–Trinajstić information content (AvgIpc) is 3.15. The number of aromatic nitrogens is 1. The van der Waals surface area contributed by atoms with Crippen LogP contribution in [0.1, 0.15) is 40.9 Å². The van der Waals surface area contributed by atoms with E-state index in [2.05, 4.69) is 19.1 Å². The maximum Gasteiger partial charge on any atom is 0.254 e. The molecule has 0 unspecified atom stereocenters. The van der Waals surface area contributed by atoms with Crippen molar-refractivity contribution in [2.45, 2.75) is 33.7 Å². The van der Waals surface area contributed by atoms with E-state index in [1.54, 1.807) is 4.57 Å². The summed E-state index contributed by atoms with van der Waals surface area (Å²) in [7, 11) is 0. The molecule has 2 aromatic rings. The van der Waals surface area contributed by atoms with Crippen LogP contribution in [0.15, 0.2) is 46.9 Å². The molecular weight excluding hydrogens is 376 g/mol. The number of amides is 1. The minimum absolute atomic E-state index is 0.0568. The minimum atomic E-state index is 0.0568. The van der Waals surface area contributed by atoms with Crippen LogP contribution in [0.2, 0.25) is 0 Å². The molecule has 0 bridgehead atoms. The number of hydrogen-bond acceptors (Lipinski definition) is 3. The molecule has 0 spiro atoms. The van der Waals surface area contributed by atoms with E-state index in [-0.39, 0.29) is 11.5 Å². The Kier molecular flexibility index (Phi) is 5.73. The molecule has 156 valence electrons. The summed E-state index contributed by atoms with van der Waals surface area (Å²) < 4.78 is 7.14. The first kappa shape index (κ1) is 20.4. The normalized spacial score (nSPS) is 16.1. The van der Waals surface area contributed by atoms with E-state index in [9.17, 15) is 9.59 Å². The van der Waals surface area contributed by atoms with Crippen molar-refractivity contribution < 1.29 is 9.53 Å². The van der Waals surface area contributed by atoms with Gasteiger partial charge in [-0.15, -0.1) is 0 Å². The SMILES string of the molecule is C/C=C/Cn1cc(-c2ccc(C(=O)N3CCOCC3)c(C)c2)c2c(c1=O)CC(C)=C2. The summed E-state index contributed by atoms with van der Waals surface area (Å²) in [6.07, 6.45) is 8.72. The smallest absolute Gasteiger partial charge is 0.254 e. The predicted molar refractivity (Wildman–Crippen MR) is 120 cm³/mol. The Morgan fingerprint density at radius 1 is 1.20 bits per heavy atom. The van der Waals surface area contributed by atoms with Crippen molar-refractivity contribution >= 4 is 12.0 Å². The molecule has 1 aliphatic heterocycles. The molecular formula is C25H28N2O3. The topological polar surface area (TPSA) is 51.5 Å². The van der Waals surface area contributed by atoms with Gasteiger partial charge in [0.15, 0.2) is 0 Å². The molecule has 0 saturated carbocycles. The fourth-order valence-electron chi connectivity index (χ4n) is 4.24. The summed E-state index contributed by atoms with van der Waals surface area (Å²) in [4.78, 5) is 27.7. The summed E-state index contributed by atoms with van der Waals surface area (Å²) in [5.74, 6) is 0.0568. The van der Waals surface area contributed by atoms with Gasteiger partial charge in [0.25, 0.3) is 11.5 Å². The van der Waals surface area contributed by atoms with Crippen molar-refractivity contribution in [3.63, 3.8) is 0 Å². The predicted octanol–water partition coefficient (Wildman–Crippen LogP) is 3.83. The molecule has 1 aromatic heterocycles. The third-order valence-corrected chi connectivity index (χ3v) is 5.87. The Morgan fingerprint density at radius 2 is 1.97 bits per heavy atom. The zero-order valence-electron chi connectivity index (χ0n) is 17.9. The largest absolute Gasteiger partial charge is 0.378 e. The molecule has 2 aliphatic rings. The molecule has 0 radical (unpaired) electrons. The van der Waals surface area contributed by atoms with Crippen LogP contribution >= 0.6 is 0 Å². The molecule has 1 aromatic carbocycles. The third kappa shape index (κ3) is 3.77. The van der Waals surface area contributed by atoms with E-state index in [1.165, 1.54) is 5.57 Å². The van der Waals surface area contributed by atoms with Crippen molar-refractivity contribution in [1.82, 2.24) is 9.47 Å². The highest BCUT2D eigenvalue weighted by Gasteiger charge is 2.23. The van der Waals surface area contributed by atoms with Gasteiger partial charge in [0.05, 0.1) is 13.2 Å². The second kappa shape index (κ2) is 8.44. The van der Waals surface area contributed by atoms with Gasteiger partial charge in [0, 0.05) is 42.5 Å². The molecule has 1 fully saturated rings. The van der Waals surface area contributed by atoms with Crippen molar-refractivity contribution in [3.05, 3.63) is 74.7 Å². The number of carbonyl (C=O) groups is 1. The number of aryl methyl sites for hydroxylation is 1. The molecule has 5 nitrogen and oxygen atoms in total. The van der Waals surface area contributed by atoms with Crippen molar-refractivity contribution in [2.75, 3.05) is 26.3 Å². The van der Waals surface area contributed by atoms with E-state index in [1.807, 2.05) is 49.2 Å². The van der Waals surface area contributed by atoms with E-state index < -0.39 is 0 Å². The van der Waals surface area contributed by atoms with E-state index in [0.29, 0.717) is 39.3 Å². The number of ether oxygens (including phenoxy) is 1. The van der Waals surface area contributed by atoms with Gasteiger partial charge in [0.1, 0.15) is 0 Å². The summed E-state index contributed by atoms with van der Waals surface area (Å²) in [6, 6.07) is 5.99. The molecule has 30 heavy (non-hydrogen) atoms. The quantitative estimate of drug-likeness (QED) is 0.728. The fraction of sp³-hybridized carbons (Fsp3) is 0.360. The highest BCUT2D eigenvalue weighted by Crippen LogP contribution is 2.33. The van der Waals surface area contributed by atoms with Crippen LogP contribution in [0, 0.1) is 6.92 Å². The summed E-state index contributed by atoms with van der Waals surface area (Å²) in [5, 5.41) is 0. The molecule has 1 amide bonds. The summed E-state index contributed by atoms with van der Waals surface area (Å²) >= 11 is 0. The van der Waals surface area contributed by atoms with E-state index in [4.69, 9.17) is 4.74 Å². The Labute approximate surface area is 177 Å². The Bertz CT molecular complexity index is 1100. The Balaban J connectivity index is 1.75. The maximum absolute atomic E-state index is 12.9. The van der Waals surface area contributed by atoms with E-state index >= 15 is 0 Å². The minimum Gasteiger partial charge on any atom is -0.378 e. The second-order valence-electron chi connectivity index (χ2n) is 8.06. The lowest BCUT2D eigenvalue weighted by Crippen LogP contribution is -2.40. The molecule has 1 saturated heterocycles. The van der Waals surface area contributed by atoms with Crippen LogP contribution in [0.4, 0.5) is 0 Å². The Morgan fingerprint density at radius 3 is 2.67 bits per heavy atom. The first-order valence-corrected chi connectivity index (χ1v) is 10.5. The number of pyridine rings is 1. The maximum atomic E-state index is 12.9. The summed E-state index contributed by atoms with van der Waals surface area (Å²) in [6.45, 7) is 9.01. The van der Waals surface area contributed by atoms with Crippen LogP contribution in [-0.2, 0) is 17.7 Å². The molecule has 0 N–H and O–H groups in total. The van der Waals surface area contributed by atoms with Gasteiger partial charge in [0.2, 0.25) is 0 Å². The third-order valence-electron chi connectivity index (χ3n) is 5.87. The van der Waals surface area contributed by atoms with Crippen molar-refractivity contribution in [1.29, 1.82) is 0 Å². The van der Waals surface area contributed by atoms with Gasteiger partial charge in [-0.1, -0.05) is 35.9 Å². The summed E-state index contributed by atoms with van der Waals surface area (Å²) in [5.41, 5.74) is 6.90. The number of morpholine rings is 1. The lowest BCUT2D eigenvalue weighted by atomic mass is 9.95. The van der Waals surface area contributed by atoms with Gasteiger partial charge in [-0.25, -0.2) is 0 Å². The molecule has 2 heterocycles. The zero-order chi connectivity index (χ0) is 21.3. The monoisotopic (exact) mass is 404 g/mol. The van der Waals surface area contributed by atoms with Crippen LogP contribution < -0.4 is 5.56 Å². The molecule has 0 atom stereocenters. The van der Waals surface area contributed by atoms with Crippen LogP contribution in [-0.4, -0.2) is 41.7 Å². The average molecular weight is 405 g/mol. The van der Waals surface area contributed by atoms with Crippen LogP contribution in [0.3, 0.4) is 0 Å². The first-order chi connectivity index (χ1) is 14.5. The van der Waals surface area contributed by atoms with Gasteiger partial charge < -0.3 is 14.2 Å². The number of nitrogens with zero attached hydrogens (tertiary/aromatic N) is 2. The zero-order valence-corrected chi connectivity index (χ0v) is 17.9. The van der Waals surface area contributed by atoms with Crippen LogP contribution in [0.5, 0.6) is 0 Å². The number of fused-ring (bicyclic) bond motifs is 1. The van der Waals surface area contributed by atoms with Crippen LogP contribution in [0.25, 0.3) is 17.2 Å². The number of rotatable bonds is 4. The lowest BCUT2D eigenvalue weighted by Gasteiger charge is -2.27. The van der Waals surface area contributed by atoms with Crippen molar-refractivity contribution in [3.8, 4) is 11.1 Å². The standard InChI is InChI=1S/C25H28N2O3/c1-4-5-8-27-16-23(21-13-17(2)14-22(21)25(27)29)19-6-7-20(18(3)15-19)24(28)26-9-11-30-12-10-26/h4-7,13,15-16H,8-12,14H2,1-3H3/b5-4+. The van der Waals surface area contributed by atoms with Gasteiger partial charge >= 0.3 is 0 Å². The van der Waals surface area contributed by atoms with Gasteiger partial charge in [-0.3, -0.25) is 9.59 Å². The first-order valence-electron chi connectivity index (χ1n) is 10.5. The molecule has 1 aliphatic carbocycles. The number of carbonyl (C=O) groups excluding carboxylic acids is 1. The molecule has 4 rings (SSSR count).